The number of carbonyl (C=O) groups excluding carboxylic acids is 1. The zero-order valence-electron chi connectivity index (χ0n) is 12.8. The van der Waals surface area contributed by atoms with Crippen molar-refractivity contribution < 1.29 is 4.79 Å². The monoisotopic (exact) mass is 277 g/mol. The molecular formula is C16H27N3O. The molecule has 4 nitrogen and oxygen atoms in total. The van der Waals surface area contributed by atoms with Crippen LogP contribution in [0, 0.1) is 0 Å². The Morgan fingerprint density at radius 3 is 3.00 bits per heavy atom. The Balaban J connectivity index is 2.06. The summed E-state index contributed by atoms with van der Waals surface area (Å²) in [6, 6.07) is 0.417. The zero-order chi connectivity index (χ0) is 14.4. The standard InChI is InChI=1S/C16H27N3O/c1-3-8-19-13-17-11-16(19)12-18-9-6-4-5-7-15(18)10-14(2)20/h11,13,15H,3-10,12H2,1-2H3. The quantitative estimate of drug-likeness (QED) is 0.802. The van der Waals surface area contributed by atoms with Crippen LogP contribution in [0.25, 0.3) is 0 Å². The average molecular weight is 277 g/mol. The summed E-state index contributed by atoms with van der Waals surface area (Å²) in [5.74, 6) is 0.309. The molecule has 1 aliphatic rings. The van der Waals surface area contributed by atoms with Gasteiger partial charge in [0, 0.05) is 31.7 Å². The van der Waals surface area contributed by atoms with Gasteiger partial charge in [0.05, 0.1) is 12.0 Å². The number of aryl methyl sites for hydroxylation is 1. The van der Waals surface area contributed by atoms with Crippen LogP contribution in [-0.4, -0.2) is 32.8 Å². The van der Waals surface area contributed by atoms with Crippen molar-refractivity contribution in [3.8, 4) is 0 Å². The molecule has 1 fully saturated rings. The fraction of sp³-hybridized carbons (Fsp3) is 0.750. The van der Waals surface area contributed by atoms with Gasteiger partial charge in [-0.1, -0.05) is 19.8 Å². The SMILES string of the molecule is CCCn1cncc1CN1CCCCCC1CC(C)=O. The summed E-state index contributed by atoms with van der Waals surface area (Å²) < 4.78 is 2.25. The van der Waals surface area contributed by atoms with E-state index < -0.39 is 0 Å². The molecule has 1 aromatic rings. The first-order chi connectivity index (χ1) is 9.70. The van der Waals surface area contributed by atoms with Crippen LogP contribution in [0.5, 0.6) is 0 Å². The van der Waals surface area contributed by atoms with E-state index in [1.807, 2.05) is 12.5 Å². The van der Waals surface area contributed by atoms with Crippen LogP contribution in [0.4, 0.5) is 0 Å². The third kappa shape index (κ3) is 4.17. The number of nitrogens with zero attached hydrogens (tertiary/aromatic N) is 3. The zero-order valence-corrected chi connectivity index (χ0v) is 12.8. The Hall–Kier alpha value is -1.16. The lowest BCUT2D eigenvalue weighted by Crippen LogP contribution is -2.36. The lowest BCUT2D eigenvalue weighted by Gasteiger charge is -2.29. The highest BCUT2D eigenvalue weighted by Gasteiger charge is 2.23. The van der Waals surface area contributed by atoms with Gasteiger partial charge in [-0.2, -0.15) is 0 Å². The van der Waals surface area contributed by atoms with Crippen LogP contribution in [0.1, 0.15) is 58.1 Å². The minimum Gasteiger partial charge on any atom is -0.333 e. The fourth-order valence-corrected chi connectivity index (χ4v) is 3.14. The van der Waals surface area contributed by atoms with Crippen LogP contribution in [0.3, 0.4) is 0 Å². The molecule has 112 valence electrons. The number of hydrogen-bond acceptors (Lipinski definition) is 3. The first-order valence-electron chi connectivity index (χ1n) is 7.93. The van der Waals surface area contributed by atoms with E-state index in [-0.39, 0.29) is 0 Å². The molecule has 1 aliphatic heterocycles. The first-order valence-corrected chi connectivity index (χ1v) is 7.93. The number of likely N-dealkylation sites (tertiary alicyclic amines) is 1. The van der Waals surface area contributed by atoms with Crippen molar-refractivity contribution in [2.24, 2.45) is 0 Å². The first kappa shape index (κ1) is 15.2. The molecule has 2 rings (SSSR count). The van der Waals surface area contributed by atoms with E-state index in [1.165, 1.54) is 25.0 Å². The molecule has 1 atom stereocenters. The van der Waals surface area contributed by atoms with Crippen LogP contribution in [0.15, 0.2) is 12.5 Å². The molecule has 0 aromatic carbocycles. The summed E-state index contributed by atoms with van der Waals surface area (Å²) in [6.07, 6.45) is 10.7. The molecule has 0 radical (unpaired) electrons. The highest BCUT2D eigenvalue weighted by molar-refractivity contribution is 5.76. The molecule has 0 saturated carbocycles. The van der Waals surface area contributed by atoms with Crippen molar-refractivity contribution in [3.05, 3.63) is 18.2 Å². The molecular weight excluding hydrogens is 250 g/mol. The van der Waals surface area contributed by atoms with E-state index in [0.717, 1.165) is 32.5 Å². The molecule has 0 amide bonds. The molecule has 20 heavy (non-hydrogen) atoms. The van der Waals surface area contributed by atoms with Crippen LogP contribution >= 0.6 is 0 Å². The van der Waals surface area contributed by atoms with Crippen LogP contribution < -0.4 is 0 Å². The summed E-state index contributed by atoms with van der Waals surface area (Å²) in [5, 5.41) is 0. The lowest BCUT2D eigenvalue weighted by atomic mass is 10.0. The van der Waals surface area contributed by atoms with Gasteiger partial charge in [-0.05, 0) is 32.7 Å². The molecule has 1 unspecified atom stereocenters. The minimum atomic E-state index is 0.309. The second-order valence-electron chi connectivity index (χ2n) is 5.96. The van der Waals surface area contributed by atoms with Crippen LogP contribution in [0.2, 0.25) is 0 Å². The molecule has 2 heterocycles. The summed E-state index contributed by atoms with van der Waals surface area (Å²) in [5.41, 5.74) is 1.28. The normalized spacial score (nSPS) is 20.8. The second kappa shape index (κ2) is 7.58. The predicted octanol–water partition coefficient (Wildman–Crippen LogP) is 3.02. The van der Waals surface area contributed by atoms with E-state index in [0.29, 0.717) is 18.2 Å². The third-order valence-electron chi connectivity index (χ3n) is 4.15. The van der Waals surface area contributed by atoms with Crippen molar-refractivity contribution in [2.75, 3.05) is 6.54 Å². The minimum absolute atomic E-state index is 0.309. The number of hydrogen-bond donors (Lipinski definition) is 0. The Morgan fingerprint density at radius 2 is 2.25 bits per heavy atom. The van der Waals surface area contributed by atoms with Crippen molar-refractivity contribution in [1.82, 2.24) is 14.5 Å². The Morgan fingerprint density at radius 1 is 1.40 bits per heavy atom. The molecule has 0 aliphatic carbocycles. The fourth-order valence-electron chi connectivity index (χ4n) is 3.14. The summed E-state index contributed by atoms with van der Waals surface area (Å²) in [6.45, 7) is 6.96. The number of rotatable bonds is 6. The van der Waals surface area contributed by atoms with Gasteiger partial charge in [0.2, 0.25) is 0 Å². The van der Waals surface area contributed by atoms with Gasteiger partial charge in [-0.25, -0.2) is 4.98 Å². The van der Waals surface area contributed by atoms with Crippen molar-refractivity contribution in [1.29, 1.82) is 0 Å². The summed E-state index contributed by atoms with van der Waals surface area (Å²) >= 11 is 0. The third-order valence-corrected chi connectivity index (χ3v) is 4.15. The maximum Gasteiger partial charge on any atom is 0.131 e. The molecule has 0 spiro atoms. The maximum atomic E-state index is 11.5. The van der Waals surface area contributed by atoms with Crippen molar-refractivity contribution in [3.63, 3.8) is 0 Å². The molecule has 0 N–H and O–H groups in total. The number of aromatic nitrogens is 2. The molecule has 0 bridgehead atoms. The summed E-state index contributed by atoms with van der Waals surface area (Å²) in [4.78, 5) is 18.3. The topological polar surface area (TPSA) is 38.1 Å². The van der Waals surface area contributed by atoms with E-state index in [9.17, 15) is 4.79 Å². The van der Waals surface area contributed by atoms with E-state index in [2.05, 4.69) is 21.4 Å². The second-order valence-corrected chi connectivity index (χ2v) is 5.96. The lowest BCUT2D eigenvalue weighted by molar-refractivity contribution is -0.118. The predicted molar refractivity (Wildman–Crippen MR) is 80.5 cm³/mol. The summed E-state index contributed by atoms with van der Waals surface area (Å²) in [7, 11) is 0. The van der Waals surface area contributed by atoms with Crippen LogP contribution in [-0.2, 0) is 17.9 Å². The molecule has 4 heteroatoms. The highest BCUT2D eigenvalue weighted by atomic mass is 16.1. The van der Waals surface area contributed by atoms with Crippen molar-refractivity contribution >= 4 is 5.78 Å². The number of Topliss-reactive ketones (excluding diaryl/α,β-unsaturated/α-hetero) is 1. The molecule has 1 aromatic heterocycles. The highest BCUT2D eigenvalue weighted by Crippen LogP contribution is 2.21. The van der Waals surface area contributed by atoms with Gasteiger partial charge in [0.15, 0.2) is 0 Å². The maximum absolute atomic E-state index is 11.5. The van der Waals surface area contributed by atoms with E-state index in [4.69, 9.17) is 0 Å². The molecule has 1 saturated heterocycles. The smallest absolute Gasteiger partial charge is 0.131 e. The Bertz CT molecular complexity index is 427. The number of ketones is 1. The van der Waals surface area contributed by atoms with Gasteiger partial charge in [0.1, 0.15) is 5.78 Å². The average Bonchev–Trinajstić information content (AvgIpc) is 2.71. The number of carbonyl (C=O) groups is 1. The van der Waals surface area contributed by atoms with Gasteiger partial charge in [-0.3, -0.25) is 9.69 Å². The van der Waals surface area contributed by atoms with Gasteiger partial charge < -0.3 is 4.57 Å². The number of imidazole rings is 1. The Labute approximate surface area is 122 Å². The van der Waals surface area contributed by atoms with E-state index >= 15 is 0 Å². The van der Waals surface area contributed by atoms with Gasteiger partial charge in [0.25, 0.3) is 0 Å². The van der Waals surface area contributed by atoms with Gasteiger partial charge >= 0.3 is 0 Å². The van der Waals surface area contributed by atoms with Gasteiger partial charge in [-0.15, -0.1) is 0 Å². The largest absolute Gasteiger partial charge is 0.333 e. The Kier molecular flexibility index (Phi) is 5.77. The van der Waals surface area contributed by atoms with E-state index in [1.54, 1.807) is 6.92 Å². The van der Waals surface area contributed by atoms with Crippen molar-refractivity contribution in [2.45, 2.75) is 71.5 Å².